The third kappa shape index (κ3) is 5.79. The zero-order chi connectivity index (χ0) is 17.9. The van der Waals surface area contributed by atoms with Crippen LogP contribution in [0, 0.1) is 0 Å². The van der Waals surface area contributed by atoms with Gasteiger partial charge >= 0.3 is 0 Å². The lowest BCUT2D eigenvalue weighted by Crippen LogP contribution is -2.36. The number of rotatable bonds is 4. The average molecular weight is 500 g/mol. The zero-order valence-electron chi connectivity index (χ0n) is 15.0. The first-order valence-electron chi connectivity index (χ1n) is 7.61. The standard InChI is InChI=1S/C16H23Cl2N5O.HI/c1-16(2,3)12-8-20-13(24-12)9-22-15(19-4)21-7-10-6-11(17)14(18)23(10)5;/h6,8H,7,9H2,1-5H3,(H2,19,21,22);1H. The summed E-state index contributed by atoms with van der Waals surface area (Å²) in [5, 5.41) is 7.43. The van der Waals surface area contributed by atoms with Gasteiger partial charge in [-0.2, -0.15) is 0 Å². The largest absolute Gasteiger partial charge is 0.443 e. The maximum absolute atomic E-state index is 6.06. The molecule has 2 rings (SSSR count). The Hall–Kier alpha value is -0.930. The van der Waals surface area contributed by atoms with Crippen LogP contribution in [0.3, 0.4) is 0 Å². The second-order valence-electron chi connectivity index (χ2n) is 6.48. The molecule has 0 unspecified atom stereocenters. The minimum atomic E-state index is -0.0593. The highest BCUT2D eigenvalue weighted by Gasteiger charge is 2.19. The van der Waals surface area contributed by atoms with Crippen molar-refractivity contribution in [2.45, 2.75) is 39.3 Å². The van der Waals surface area contributed by atoms with Crippen LogP contribution in [0.15, 0.2) is 21.7 Å². The summed E-state index contributed by atoms with van der Waals surface area (Å²) in [6.07, 6.45) is 1.77. The van der Waals surface area contributed by atoms with Crippen molar-refractivity contribution in [1.82, 2.24) is 20.2 Å². The molecule has 25 heavy (non-hydrogen) atoms. The predicted octanol–water partition coefficient (Wildman–Crippen LogP) is 4.10. The minimum Gasteiger partial charge on any atom is -0.443 e. The van der Waals surface area contributed by atoms with E-state index in [0.717, 1.165) is 11.5 Å². The minimum absolute atomic E-state index is 0. The number of nitrogens with one attached hydrogen (secondary N) is 2. The number of aliphatic imine (C=N–C) groups is 1. The van der Waals surface area contributed by atoms with Crippen LogP contribution in [-0.4, -0.2) is 22.6 Å². The summed E-state index contributed by atoms with van der Waals surface area (Å²) in [7, 11) is 3.57. The lowest BCUT2D eigenvalue weighted by atomic mass is 9.94. The number of aromatic nitrogens is 2. The monoisotopic (exact) mass is 499 g/mol. The van der Waals surface area contributed by atoms with Crippen molar-refractivity contribution in [3.05, 3.63) is 39.8 Å². The van der Waals surface area contributed by atoms with Gasteiger partial charge in [0.25, 0.3) is 0 Å². The van der Waals surface area contributed by atoms with E-state index in [4.69, 9.17) is 27.6 Å². The van der Waals surface area contributed by atoms with Crippen LogP contribution in [0.4, 0.5) is 0 Å². The Morgan fingerprint density at radius 3 is 2.40 bits per heavy atom. The molecule has 9 heteroatoms. The van der Waals surface area contributed by atoms with Crippen molar-refractivity contribution in [1.29, 1.82) is 0 Å². The highest BCUT2D eigenvalue weighted by Crippen LogP contribution is 2.25. The fourth-order valence-corrected chi connectivity index (χ4v) is 2.47. The number of guanidine groups is 1. The Balaban J connectivity index is 0.00000312. The second-order valence-corrected chi connectivity index (χ2v) is 7.25. The van der Waals surface area contributed by atoms with Gasteiger partial charge in [-0.1, -0.05) is 44.0 Å². The van der Waals surface area contributed by atoms with E-state index in [1.807, 2.05) is 17.7 Å². The van der Waals surface area contributed by atoms with Crippen LogP contribution < -0.4 is 10.6 Å². The smallest absolute Gasteiger partial charge is 0.213 e. The molecule has 0 spiro atoms. The summed E-state index contributed by atoms with van der Waals surface area (Å²) in [6, 6.07) is 1.83. The summed E-state index contributed by atoms with van der Waals surface area (Å²) < 4.78 is 7.58. The normalized spacial score (nSPS) is 12.0. The molecule has 0 fully saturated rings. The summed E-state index contributed by atoms with van der Waals surface area (Å²) in [5.41, 5.74) is 0.898. The van der Waals surface area contributed by atoms with Gasteiger partial charge in [-0.3, -0.25) is 4.99 Å². The summed E-state index contributed by atoms with van der Waals surface area (Å²) >= 11 is 12.1. The molecule has 2 N–H and O–H groups in total. The Morgan fingerprint density at radius 2 is 1.92 bits per heavy atom. The van der Waals surface area contributed by atoms with Gasteiger partial charge in [0.2, 0.25) is 5.89 Å². The van der Waals surface area contributed by atoms with Gasteiger partial charge in [0, 0.05) is 25.2 Å². The lowest BCUT2D eigenvalue weighted by molar-refractivity contribution is 0.379. The van der Waals surface area contributed by atoms with Crippen molar-refractivity contribution in [3.63, 3.8) is 0 Å². The molecule has 0 aromatic carbocycles. The van der Waals surface area contributed by atoms with Gasteiger partial charge in [0.05, 0.1) is 24.3 Å². The highest BCUT2D eigenvalue weighted by molar-refractivity contribution is 14.0. The Labute approximate surface area is 175 Å². The molecule has 0 atom stereocenters. The third-order valence-corrected chi connectivity index (χ3v) is 4.42. The van der Waals surface area contributed by atoms with Gasteiger partial charge in [-0.15, -0.1) is 24.0 Å². The second kappa shape index (κ2) is 9.14. The number of hydrogen-bond acceptors (Lipinski definition) is 3. The van der Waals surface area contributed by atoms with E-state index in [1.54, 1.807) is 13.2 Å². The first-order chi connectivity index (χ1) is 11.2. The molecular weight excluding hydrogens is 476 g/mol. The summed E-state index contributed by atoms with van der Waals surface area (Å²) in [6.45, 7) is 7.25. The molecule has 140 valence electrons. The molecule has 0 bridgehead atoms. The van der Waals surface area contributed by atoms with Crippen molar-refractivity contribution in [3.8, 4) is 0 Å². The van der Waals surface area contributed by atoms with E-state index in [2.05, 4.69) is 41.4 Å². The number of halogens is 3. The molecule has 0 aliphatic heterocycles. The van der Waals surface area contributed by atoms with Crippen molar-refractivity contribution in [2.75, 3.05) is 7.05 Å². The molecule has 0 saturated heterocycles. The van der Waals surface area contributed by atoms with E-state index in [9.17, 15) is 0 Å². The maximum atomic E-state index is 6.06. The Kier molecular flexibility index (Phi) is 8.08. The fraction of sp³-hybridized carbons (Fsp3) is 0.500. The molecule has 0 aliphatic carbocycles. The molecule has 6 nitrogen and oxygen atoms in total. The van der Waals surface area contributed by atoms with Gasteiger partial charge in [-0.25, -0.2) is 4.98 Å². The molecular formula is C16H24Cl2IN5O. The van der Waals surface area contributed by atoms with Gasteiger partial charge in [0.1, 0.15) is 10.9 Å². The lowest BCUT2D eigenvalue weighted by Gasteiger charge is -2.13. The van der Waals surface area contributed by atoms with Crippen molar-refractivity contribution in [2.24, 2.45) is 12.0 Å². The first-order valence-corrected chi connectivity index (χ1v) is 8.37. The van der Waals surface area contributed by atoms with Crippen LogP contribution >= 0.6 is 47.2 Å². The van der Waals surface area contributed by atoms with E-state index < -0.39 is 0 Å². The average Bonchev–Trinajstić information content (AvgIpc) is 3.09. The molecule has 0 aliphatic rings. The number of oxazole rings is 1. The SMILES string of the molecule is CN=C(NCc1ncc(C(C)(C)C)o1)NCc1cc(Cl)c(Cl)n1C.I. The summed E-state index contributed by atoms with van der Waals surface area (Å²) in [5.74, 6) is 2.11. The molecule has 2 aromatic heterocycles. The van der Waals surface area contributed by atoms with Crippen LogP contribution in [0.2, 0.25) is 10.2 Å². The molecule has 2 aromatic rings. The number of nitrogens with zero attached hydrogens (tertiary/aromatic N) is 3. The predicted molar refractivity (Wildman–Crippen MR) is 113 cm³/mol. The fourth-order valence-electron chi connectivity index (χ4n) is 2.05. The molecule has 0 radical (unpaired) electrons. The molecule has 2 heterocycles. The van der Waals surface area contributed by atoms with Gasteiger partial charge < -0.3 is 19.6 Å². The number of hydrogen-bond donors (Lipinski definition) is 2. The Morgan fingerprint density at radius 1 is 1.28 bits per heavy atom. The van der Waals surface area contributed by atoms with Crippen LogP contribution in [-0.2, 0) is 25.6 Å². The quantitative estimate of drug-likeness (QED) is 0.377. The Bertz CT molecular complexity index is 733. The maximum Gasteiger partial charge on any atom is 0.213 e. The van der Waals surface area contributed by atoms with E-state index >= 15 is 0 Å². The van der Waals surface area contributed by atoms with Crippen LogP contribution in [0.5, 0.6) is 0 Å². The first kappa shape index (κ1) is 22.1. The van der Waals surface area contributed by atoms with Crippen LogP contribution in [0.25, 0.3) is 0 Å². The van der Waals surface area contributed by atoms with Gasteiger partial charge in [-0.05, 0) is 6.07 Å². The van der Waals surface area contributed by atoms with E-state index in [-0.39, 0.29) is 29.4 Å². The van der Waals surface area contributed by atoms with Crippen LogP contribution in [0.1, 0.15) is 38.1 Å². The molecule has 0 amide bonds. The van der Waals surface area contributed by atoms with Crippen molar-refractivity contribution < 1.29 is 4.42 Å². The highest BCUT2D eigenvalue weighted by atomic mass is 127. The van der Waals surface area contributed by atoms with Crippen molar-refractivity contribution >= 4 is 53.1 Å². The topological polar surface area (TPSA) is 67.4 Å². The van der Waals surface area contributed by atoms with Gasteiger partial charge in [0.15, 0.2) is 5.96 Å². The molecule has 0 saturated carbocycles. The third-order valence-electron chi connectivity index (χ3n) is 3.58. The van der Waals surface area contributed by atoms with E-state index in [1.165, 1.54) is 0 Å². The summed E-state index contributed by atoms with van der Waals surface area (Å²) in [4.78, 5) is 8.47. The van der Waals surface area contributed by atoms with E-state index in [0.29, 0.717) is 35.1 Å². The zero-order valence-corrected chi connectivity index (χ0v) is 18.8.